The number of hydrogen-bond donors (Lipinski definition) is 2. The van der Waals surface area contributed by atoms with Crippen LogP contribution in [0, 0.1) is 5.92 Å². The number of nitrogens with zero attached hydrogens (tertiary/aromatic N) is 2. The van der Waals surface area contributed by atoms with Gasteiger partial charge in [0.1, 0.15) is 17.8 Å². The van der Waals surface area contributed by atoms with E-state index in [-0.39, 0.29) is 18.3 Å². The number of anilines is 1. The summed E-state index contributed by atoms with van der Waals surface area (Å²) in [7, 11) is 3.25. The van der Waals surface area contributed by atoms with E-state index < -0.39 is 0 Å². The average Bonchev–Trinajstić information content (AvgIpc) is 2.90. The molecule has 1 amide bonds. The van der Waals surface area contributed by atoms with Crippen LogP contribution >= 0.6 is 11.6 Å². The number of methoxy groups -OCH3 is 1. The minimum absolute atomic E-state index is 0.208. The van der Waals surface area contributed by atoms with E-state index in [9.17, 15) is 9.59 Å². The standard InChI is InChI=1S/C27H29ClN4O3.C2H6O/c1-4-29-18-26(6-5-15-33)35-25-13-11-24(12-14-25)32-27(31-19-34)30-17-22(20(2)3)16-21-7-9-23(28)10-8-21;1-3-2/h4,6-15,17-20H,1,5,16H2,2-3H3,(H2,30,31,32,34);1-2H3/b22-17+,26-6+,29-18?;. The van der Waals surface area contributed by atoms with Gasteiger partial charge in [0.2, 0.25) is 12.4 Å². The van der Waals surface area contributed by atoms with Crippen molar-refractivity contribution >= 4 is 42.2 Å². The summed E-state index contributed by atoms with van der Waals surface area (Å²) in [5.74, 6) is 1.52. The van der Waals surface area contributed by atoms with E-state index in [4.69, 9.17) is 16.3 Å². The summed E-state index contributed by atoms with van der Waals surface area (Å²) in [6, 6.07) is 14.7. The Morgan fingerprint density at radius 3 is 2.29 bits per heavy atom. The topological polar surface area (TPSA) is 101 Å². The predicted molar refractivity (Wildman–Crippen MR) is 156 cm³/mol. The van der Waals surface area contributed by atoms with Crippen molar-refractivity contribution in [2.45, 2.75) is 26.7 Å². The lowest BCUT2D eigenvalue weighted by atomic mass is 9.97. The number of allylic oxidation sites excluding steroid dienone is 3. The van der Waals surface area contributed by atoms with E-state index in [1.54, 1.807) is 50.8 Å². The van der Waals surface area contributed by atoms with Gasteiger partial charge in [0, 0.05) is 43.8 Å². The molecule has 0 aliphatic rings. The highest BCUT2D eigenvalue weighted by atomic mass is 35.5. The minimum Gasteiger partial charge on any atom is -0.456 e. The summed E-state index contributed by atoms with van der Waals surface area (Å²) in [5, 5.41) is 6.36. The number of amides is 1. The predicted octanol–water partition coefficient (Wildman–Crippen LogP) is 5.97. The molecule has 2 rings (SSSR count). The number of halogens is 1. The maximum absolute atomic E-state index is 11.1. The molecule has 0 fully saturated rings. The molecule has 9 heteroatoms. The van der Waals surface area contributed by atoms with Gasteiger partial charge in [-0.1, -0.05) is 44.2 Å². The fourth-order valence-corrected chi connectivity index (χ4v) is 2.96. The van der Waals surface area contributed by atoms with Crippen LogP contribution in [0.5, 0.6) is 5.75 Å². The van der Waals surface area contributed by atoms with Gasteiger partial charge in [-0.2, -0.15) is 0 Å². The third kappa shape index (κ3) is 13.3. The molecule has 0 unspecified atom stereocenters. The second kappa shape index (κ2) is 19.1. The third-order valence-electron chi connectivity index (χ3n) is 4.69. The fourth-order valence-electron chi connectivity index (χ4n) is 2.84. The zero-order valence-corrected chi connectivity index (χ0v) is 22.9. The number of guanidine groups is 1. The van der Waals surface area contributed by atoms with Crippen molar-refractivity contribution in [3.05, 3.63) is 95.5 Å². The summed E-state index contributed by atoms with van der Waals surface area (Å²) in [6.45, 7) is 7.71. The Bertz CT molecular complexity index is 1120. The Balaban J connectivity index is 0.00000229. The van der Waals surface area contributed by atoms with Gasteiger partial charge in [-0.15, -0.1) is 0 Å². The van der Waals surface area contributed by atoms with Crippen molar-refractivity contribution in [2.75, 3.05) is 19.5 Å². The first-order valence-electron chi connectivity index (χ1n) is 11.8. The number of rotatable bonds is 12. The van der Waals surface area contributed by atoms with Crippen LogP contribution in [0.15, 0.2) is 94.9 Å². The van der Waals surface area contributed by atoms with Crippen LogP contribution in [0.2, 0.25) is 5.02 Å². The molecule has 2 N–H and O–H groups in total. The minimum atomic E-state index is 0.208. The highest BCUT2D eigenvalue weighted by Crippen LogP contribution is 2.20. The lowest BCUT2D eigenvalue weighted by molar-refractivity contribution is -0.108. The highest BCUT2D eigenvalue weighted by Gasteiger charge is 2.06. The van der Waals surface area contributed by atoms with Gasteiger partial charge < -0.3 is 19.6 Å². The lowest BCUT2D eigenvalue weighted by Gasteiger charge is -2.12. The monoisotopic (exact) mass is 538 g/mol. The van der Waals surface area contributed by atoms with Crippen LogP contribution in [-0.4, -0.2) is 39.1 Å². The van der Waals surface area contributed by atoms with Crippen molar-refractivity contribution in [2.24, 2.45) is 15.9 Å². The molecule has 2 aromatic carbocycles. The first-order valence-corrected chi connectivity index (χ1v) is 12.2. The van der Waals surface area contributed by atoms with E-state index in [1.165, 1.54) is 12.4 Å². The maximum atomic E-state index is 11.1. The quantitative estimate of drug-likeness (QED) is 0.150. The number of ether oxygens (including phenoxy) is 2. The van der Waals surface area contributed by atoms with Crippen molar-refractivity contribution in [3.8, 4) is 5.75 Å². The number of aldehydes is 1. The van der Waals surface area contributed by atoms with Crippen LogP contribution in [0.25, 0.3) is 0 Å². The molecular weight excluding hydrogens is 504 g/mol. The average molecular weight is 539 g/mol. The zero-order chi connectivity index (χ0) is 28.2. The van der Waals surface area contributed by atoms with Gasteiger partial charge in [-0.25, -0.2) is 4.99 Å². The number of nitrogens with one attached hydrogen (secondary N) is 2. The van der Waals surface area contributed by atoms with E-state index >= 15 is 0 Å². The van der Waals surface area contributed by atoms with Crippen LogP contribution < -0.4 is 15.4 Å². The molecule has 202 valence electrons. The largest absolute Gasteiger partial charge is 0.456 e. The van der Waals surface area contributed by atoms with Gasteiger partial charge in [-0.3, -0.25) is 15.1 Å². The fraction of sp³-hybridized carbons (Fsp3) is 0.241. The molecule has 0 heterocycles. The Hall–Kier alpha value is -4.01. The summed E-state index contributed by atoms with van der Waals surface area (Å²) >= 11 is 5.98. The first kappa shape index (κ1) is 32.0. The number of carbonyl (C=O) groups excluding carboxylic acids is 2. The molecule has 2 aromatic rings. The van der Waals surface area contributed by atoms with E-state index in [1.807, 2.05) is 24.3 Å². The van der Waals surface area contributed by atoms with Gasteiger partial charge in [-0.05, 0) is 65.9 Å². The first-order chi connectivity index (χ1) is 18.4. The van der Waals surface area contributed by atoms with Crippen LogP contribution in [0.3, 0.4) is 0 Å². The Morgan fingerprint density at radius 1 is 1.08 bits per heavy atom. The summed E-state index contributed by atoms with van der Waals surface area (Å²) < 4.78 is 10.0. The van der Waals surface area contributed by atoms with Gasteiger partial charge >= 0.3 is 0 Å². The molecule has 0 aliphatic carbocycles. The van der Waals surface area contributed by atoms with Crippen molar-refractivity contribution in [1.82, 2.24) is 5.32 Å². The molecule has 8 nitrogen and oxygen atoms in total. The summed E-state index contributed by atoms with van der Waals surface area (Å²) in [6.07, 6.45) is 8.49. The highest BCUT2D eigenvalue weighted by molar-refractivity contribution is 6.30. The molecule has 0 atom stereocenters. The van der Waals surface area contributed by atoms with E-state index in [2.05, 4.69) is 45.8 Å². The van der Waals surface area contributed by atoms with Gasteiger partial charge in [0.05, 0.1) is 6.21 Å². The van der Waals surface area contributed by atoms with E-state index in [0.717, 1.165) is 17.4 Å². The molecule has 0 aliphatic heterocycles. The third-order valence-corrected chi connectivity index (χ3v) is 4.95. The van der Waals surface area contributed by atoms with Crippen LogP contribution in [-0.2, 0) is 20.7 Å². The lowest BCUT2D eigenvalue weighted by Crippen LogP contribution is -2.29. The molecule has 0 bridgehead atoms. The second-order valence-corrected chi connectivity index (χ2v) is 8.47. The van der Waals surface area contributed by atoms with E-state index in [0.29, 0.717) is 35.0 Å². The normalized spacial score (nSPS) is 12.0. The molecule has 0 radical (unpaired) electrons. The zero-order valence-electron chi connectivity index (χ0n) is 22.2. The smallest absolute Gasteiger partial charge is 0.213 e. The van der Waals surface area contributed by atoms with Crippen molar-refractivity contribution in [3.63, 3.8) is 0 Å². The van der Waals surface area contributed by atoms with Gasteiger partial charge in [0.15, 0.2) is 0 Å². The molecule has 0 aromatic heterocycles. The Kier molecular flexibility index (Phi) is 16.1. The summed E-state index contributed by atoms with van der Waals surface area (Å²) in [4.78, 5) is 30.1. The second-order valence-electron chi connectivity index (χ2n) is 8.03. The molecular formula is C29H35ClN4O4. The molecule has 0 spiro atoms. The Labute approximate surface area is 229 Å². The van der Waals surface area contributed by atoms with Gasteiger partial charge in [0.25, 0.3) is 0 Å². The summed E-state index contributed by atoms with van der Waals surface area (Å²) in [5.41, 5.74) is 2.91. The van der Waals surface area contributed by atoms with Crippen LogP contribution in [0.1, 0.15) is 25.8 Å². The maximum Gasteiger partial charge on any atom is 0.213 e. The number of aliphatic imine (C=N–C) groups is 2. The van der Waals surface area contributed by atoms with Crippen molar-refractivity contribution in [1.29, 1.82) is 0 Å². The number of carbonyl (C=O) groups is 2. The number of hydrogen-bond acceptors (Lipinski definition) is 6. The molecule has 0 saturated heterocycles. The Morgan fingerprint density at radius 2 is 1.74 bits per heavy atom. The van der Waals surface area contributed by atoms with Crippen molar-refractivity contribution < 1.29 is 19.1 Å². The van der Waals surface area contributed by atoms with Crippen LogP contribution in [0.4, 0.5) is 5.69 Å². The molecule has 0 saturated carbocycles. The SMILES string of the molecule is C=CN=C/C(=C\CC=O)Oc1ccc(NC(=N/C=C(\Cc2ccc(Cl)cc2)C(C)C)NC=O)cc1.COC. The molecule has 38 heavy (non-hydrogen) atoms. The number of benzene rings is 2.